The van der Waals surface area contributed by atoms with E-state index in [-0.39, 0.29) is 29.0 Å². The zero-order valence-electron chi connectivity index (χ0n) is 28.1. The lowest BCUT2D eigenvalue weighted by molar-refractivity contribution is -0.278. The molecule has 0 amide bonds. The molecule has 0 saturated carbocycles. The number of nitrogens with one attached hydrogen (secondary N) is 2. The molecule has 3 aliphatic rings. The fourth-order valence-electron chi connectivity index (χ4n) is 6.08. The van der Waals surface area contributed by atoms with Crippen molar-refractivity contribution in [1.29, 1.82) is 0 Å². The standard InChI is InChI=1S/C30H42N6O15P2/c1-2-3-4-5-15-6-8-16(9-7-15)18-12-33-36(34-18)13-21-23(38)24(39)26(41)29(47-21)49-52(43,44)51-53(45,46)50-30-27(42)25(40)28(48-30)35-14-32-22-19(35)10-17(31)11-20(22)37/h6-12,14,21,23-30,33-34,37-42H,2-5,13,31H2,1H3,(H,43,44)(H,45,46)/t21-,23+,24+,25+,26-,27-,28+,29+,30+/m0/s1. The zero-order chi connectivity index (χ0) is 38.2. The van der Waals surface area contributed by atoms with Crippen LogP contribution in [-0.4, -0.2) is 111 Å². The van der Waals surface area contributed by atoms with E-state index in [1.165, 1.54) is 22.8 Å². The SMILES string of the molecule is CCCCCc1ccc(C2=CNN(C[C@@H]3O[C@H](OP(=O)(O)OP(=O)(O)O[C@H]4O[C@@H](n5cnc6c(O)cc(N)cc65)[C@H](O)[C@@H]4O)[C@@H](O)[C@H](O)[C@@H]3O)N2)cc1. The second kappa shape index (κ2) is 15.9. The fraction of sp³-hybridized carbons (Fsp3) is 0.500. The predicted molar refractivity (Wildman–Crippen MR) is 182 cm³/mol. The third kappa shape index (κ3) is 8.86. The molecular weight excluding hydrogens is 746 g/mol. The molecule has 0 bridgehead atoms. The first-order valence-corrected chi connectivity index (χ1v) is 19.5. The molecule has 3 aliphatic heterocycles. The summed E-state index contributed by atoms with van der Waals surface area (Å²) in [6.45, 7) is 1.91. The number of phenols is 1. The predicted octanol–water partition coefficient (Wildman–Crippen LogP) is 0.0151. The van der Waals surface area contributed by atoms with E-state index in [4.69, 9.17) is 24.3 Å². The summed E-state index contributed by atoms with van der Waals surface area (Å²) in [5.41, 5.74) is 14.8. The van der Waals surface area contributed by atoms with Crippen molar-refractivity contribution < 1.29 is 72.4 Å². The number of nitrogens with two attached hydrogens (primary N) is 1. The summed E-state index contributed by atoms with van der Waals surface area (Å²) in [6.07, 6.45) is -9.77. The minimum atomic E-state index is -5.72. The maximum atomic E-state index is 12.9. The van der Waals surface area contributed by atoms with E-state index < -0.39 is 71.1 Å². The number of imidazole rings is 1. The van der Waals surface area contributed by atoms with E-state index in [1.807, 2.05) is 24.3 Å². The van der Waals surface area contributed by atoms with Gasteiger partial charge in [-0.25, -0.2) is 14.1 Å². The van der Waals surface area contributed by atoms with E-state index >= 15 is 0 Å². The number of nitrogen functional groups attached to an aromatic ring is 1. The van der Waals surface area contributed by atoms with Crippen molar-refractivity contribution >= 4 is 38.1 Å². The topological polar surface area (TPSA) is 313 Å². The number of aromatic hydroxyl groups is 1. The number of phenolic OH excluding ortho intramolecular Hbond substituents is 1. The Labute approximate surface area is 301 Å². The van der Waals surface area contributed by atoms with Crippen LogP contribution >= 0.6 is 15.6 Å². The minimum Gasteiger partial charge on any atom is -0.506 e. The number of benzene rings is 2. The van der Waals surface area contributed by atoms with E-state index in [0.29, 0.717) is 5.70 Å². The van der Waals surface area contributed by atoms with Gasteiger partial charge in [0.1, 0.15) is 47.9 Å². The highest BCUT2D eigenvalue weighted by molar-refractivity contribution is 7.61. The first kappa shape index (κ1) is 39.5. The van der Waals surface area contributed by atoms with Crippen molar-refractivity contribution in [3.8, 4) is 5.75 Å². The summed E-state index contributed by atoms with van der Waals surface area (Å²) in [7, 11) is -11.4. The van der Waals surface area contributed by atoms with Gasteiger partial charge in [0.05, 0.1) is 24.1 Å². The largest absolute Gasteiger partial charge is 0.506 e. The number of unbranched alkanes of at least 4 members (excludes halogenated alkanes) is 2. The molecule has 12 N–H and O–H groups in total. The Bertz CT molecular complexity index is 1880. The van der Waals surface area contributed by atoms with E-state index in [0.717, 1.165) is 42.1 Å². The van der Waals surface area contributed by atoms with Crippen molar-refractivity contribution in [3.63, 3.8) is 0 Å². The van der Waals surface area contributed by atoms with Gasteiger partial charge >= 0.3 is 15.6 Å². The van der Waals surface area contributed by atoms with Crippen molar-refractivity contribution in [2.45, 2.75) is 88.0 Å². The van der Waals surface area contributed by atoms with E-state index in [2.05, 4.69) is 27.1 Å². The van der Waals surface area contributed by atoms with Gasteiger partial charge in [-0.15, -0.1) is 5.12 Å². The molecule has 2 aromatic carbocycles. The number of anilines is 1. The summed E-state index contributed by atoms with van der Waals surface area (Å²) in [5, 5.41) is 64.2. The lowest BCUT2D eigenvalue weighted by Gasteiger charge is -2.41. The van der Waals surface area contributed by atoms with Crippen LogP contribution in [-0.2, 0) is 38.4 Å². The number of hydrazine groups is 2. The average molecular weight is 789 g/mol. The lowest BCUT2D eigenvalue weighted by Crippen LogP contribution is -2.61. The number of aliphatic hydroxyl groups excluding tert-OH is 5. The molecule has 2 unspecified atom stereocenters. The normalized spacial score (nSPS) is 31.5. The molecule has 6 rings (SSSR count). The van der Waals surface area contributed by atoms with Gasteiger partial charge in [-0.3, -0.25) is 14.5 Å². The van der Waals surface area contributed by atoms with Crippen LogP contribution in [0.5, 0.6) is 5.75 Å². The number of phosphoric acid groups is 2. The Hall–Kier alpha value is -3.21. The summed E-state index contributed by atoms with van der Waals surface area (Å²) >= 11 is 0. The Kier molecular flexibility index (Phi) is 11.8. The first-order valence-electron chi connectivity index (χ1n) is 16.6. The van der Waals surface area contributed by atoms with Crippen LogP contribution in [0.4, 0.5) is 5.69 Å². The Balaban J connectivity index is 1.05. The van der Waals surface area contributed by atoms with Crippen LogP contribution in [0.3, 0.4) is 0 Å². The molecule has 53 heavy (non-hydrogen) atoms. The van der Waals surface area contributed by atoms with E-state index in [1.54, 1.807) is 6.20 Å². The highest BCUT2D eigenvalue weighted by atomic mass is 31.3. The fourth-order valence-corrected chi connectivity index (χ4v) is 8.30. The quantitative estimate of drug-likeness (QED) is 0.0582. The maximum Gasteiger partial charge on any atom is 0.483 e. The minimum absolute atomic E-state index is 0.0587. The van der Waals surface area contributed by atoms with Gasteiger partial charge in [0.2, 0.25) is 0 Å². The average Bonchev–Trinajstić information content (AvgIpc) is 3.80. The number of hydrogen-bond acceptors (Lipinski definition) is 18. The summed E-state index contributed by atoms with van der Waals surface area (Å²) in [4.78, 5) is 24.7. The van der Waals surface area contributed by atoms with Crippen LogP contribution in [0.25, 0.3) is 16.7 Å². The molecule has 21 nitrogen and oxygen atoms in total. The van der Waals surface area contributed by atoms with E-state index in [9.17, 15) is 49.6 Å². The van der Waals surface area contributed by atoms with Crippen LogP contribution in [0.1, 0.15) is 43.5 Å². The first-order chi connectivity index (χ1) is 25.1. The number of hydrogen-bond donors (Lipinski definition) is 11. The van der Waals surface area contributed by atoms with Crippen LogP contribution in [0.2, 0.25) is 0 Å². The van der Waals surface area contributed by atoms with Gasteiger partial charge in [0.25, 0.3) is 0 Å². The molecule has 2 saturated heterocycles. The molecule has 292 valence electrons. The van der Waals surface area contributed by atoms with Crippen LogP contribution < -0.4 is 16.6 Å². The summed E-state index contributed by atoms with van der Waals surface area (Å²) < 4.78 is 51.6. The number of nitrogens with zero attached hydrogens (tertiary/aromatic N) is 3. The summed E-state index contributed by atoms with van der Waals surface area (Å²) in [5.74, 6) is -0.295. The Morgan fingerprint density at radius 3 is 2.25 bits per heavy atom. The number of aromatic nitrogens is 2. The van der Waals surface area contributed by atoms with Crippen LogP contribution in [0, 0.1) is 0 Å². The third-order valence-corrected chi connectivity index (χ3v) is 11.4. The molecule has 11 atom stereocenters. The molecule has 23 heteroatoms. The number of rotatable bonds is 14. The molecule has 1 aromatic heterocycles. The second-order valence-corrected chi connectivity index (χ2v) is 15.7. The number of ether oxygens (including phenoxy) is 2. The van der Waals surface area contributed by atoms with Crippen LogP contribution in [0.15, 0.2) is 48.9 Å². The Morgan fingerprint density at radius 1 is 0.906 bits per heavy atom. The maximum absolute atomic E-state index is 12.9. The van der Waals surface area contributed by atoms with Gasteiger partial charge in [-0.2, -0.15) is 4.31 Å². The molecule has 0 aliphatic carbocycles. The van der Waals surface area contributed by atoms with Crippen molar-refractivity contribution in [3.05, 3.63) is 60.1 Å². The molecular formula is C30H42N6O15P2. The smallest absolute Gasteiger partial charge is 0.483 e. The number of fused-ring (bicyclic) bond motifs is 1. The van der Waals surface area contributed by atoms with Gasteiger partial charge in [-0.1, -0.05) is 44.0 Å². The van der Waals surface area contributed by atoms with Crippen molar-refractivity contribution in [1.82, 2.24) is 25.5 Å². The molecule has 4 heterocycles. The van der Waals surface area contributed by atoms with Crippen molar-refractivity contribution in [2.24, 2.45) is 0 Å². The monoisotopic (exact) mass is 788 g/mol. The highest BCUT2D eigenvalue weighted by Crippen LogP contribution is 2.62. The molecule has 2 fully saturated rings. The molecule has 0 spiro atoms. The van der Waals surface area contributed by atoms with Gasteiger partial charge in [0, 0.05) is 23.5 Å². The number of phosphoric ester groups is 2. The number of aryl methyl sites for hydroxylation is 1. The van der Waals surface area contributed by atoms with Gasteiger partial charge in [0.15, 0.2) is 18.8 Å². The van der Waals surface area contributed by atoms with Gasteiger partial charge < -0.3 is 65.6 Å². The molecule has 3 aromatic rings. The Morgan fingerprint density at radius 2 is 1.57 bits per heavy atom. The molecule has 0 radical (unpaired) electrons. The second-order valence-electron chi connectivity index (χ2n) is 12.7. The third-order valence-electron chi connectivity index (χ3n) is 8.82. The highest BCUT2D eigenvalue weighted by Gasteiger charge is 2.52. The van der Waals surface area contributed by atoms with Gasteiger partial charge in [-0.05, 0) is 24.5 Å². The zero-order valence-corrected chi connectivity index (χ0v) is 29.9. The summed E-state index contributed by atoms with van der Waals surface area (Å²) in [6, 6.07) is 10.5. The van der Waals surface area contributed by atoms with Crippen molar-refractivity contribution in [2.75, 3.05) is 12.3 Å². The lowest BCUT2D eigenvalue weighted by atomic mass is 9.99. The number of aliphatic hydroxyl groups is 5.